The van der Waals surface area contributed by atoms with Crippen molar-refractivity contribution in [3.63, 3.8) is 0 Å². The fraction of sp³-hybridized carbons (Fsp3) is 0.861. The summed E-state index contributed by atoms with van der Waals surface area (Å²) in [6, 6.07) is 0. The molecular formula is C36H56O10. The first-order valence-corrected chi connectivity index (χ1v) is 17.5. The molecule has 10 nitrogen and oxygen atoms in total. The van der Waals surface area contributed by atoms with E-state index in [2.05, 4.69) is 19.9 Å². The molecule has 2 aliphatic heterocycles. The summed E-state index contributed by atoms with van der Waals surface area (Å²) < 4.78 is 40.7. The largest absolute Gasteiger partial charge is 0.493 e. The molecule has 0 amide bonds. The van der Waals surface area contributed by atoms with Crippen molar-refractivity contribution in [3.8, 4) is 0 Å². The number of ether oxygens (including phenoxy) is 7. The summed E-state index contributed by atoms with van der Waals surface area (Å²) in [7, 11) is 3.07. The number of carbonyl (C=O) groups is 1. The van der Waals surface area contributed by atoms with Gasteiger partial charge in [-0.05, 0) is 101 Å². The molecule has 4 aliphatic carbocycles. The Labute approximate surface area is 274 Å². The van der Waals surface area contributed by atoms with Crippen LogP contribution in [-0.4, -0.2) is 91.8 Å². The third kappa shape index (κ3) is 5.82. The third-order valence-corrected chi connectivity index (χ3v) is 13.1. The van der Waals surface area contributed by atoms with Crippen LogP contribution in [0.15, 0.2) is 23.5 Å². The highest BCUT2D eigenvalue weighted by Crippen LogP contribution is 2.68. The summed E-state index contributed by atoms with van der Waals surface area (Å²) in [5, 5.41) is 23.0. The van der Waals surface area contributed by atoms with Crippen molar-refractivity contribution >= 4 is 5.78 Å². The van der Waals surface area contributed by atoms with Gasteiger partial charge in [0.1, 0.15) is 12.9 Å². The highest BCUT2D eigenvalue weighted by atomic mass is 16.7. The minimum Gasteiger partial charge on any atom is -0.493 e. The Kier molecular flexibility index (Phi) is 9.87. The van der Waals surface area contributed by atoms with Crippen LogP contribution < -0.4 is 0 Å². The molecule has 6 aliphatic rings. The quantitative estimate of drug-likeness (QED) is 0.266. The van der Waals surface area contributed by atoms with E-state index in [-0.39, 0.29) is 35.6 Å². The number of hydrogen-bond acceptors (Lipinski definition) is 10. The topological polar surface area (TPSA) is 122 Å². The zero-order chi connectivity index (χ0) is 33.0. The van der Waals surface area contributed by atoms with Crippen molar-refractivity contribution in [2.24, 2.45) is 28.6 Å². The van der Waals surface area contributed by atoms with Crippen LogP contribution in [0, 0.1) is 28.6 Å². The lowest BCUT2D eigenvalue weighted by Crippen LogP contribution is -2.59. The molecular weight excluding hydrogens is 592 g/mol. The van der Waals surface area contributed by atoms with Gasteiger partial charge < -0.3 is 43.4 Å². The van der Waals surface area contributed by atoms with Crippen LogP contribution >= 0.6 is 0 Å². The van der Waals surface area contributed by atoms with Crippen molar-refractivity contribution in [3.05, 3.63) is 23.5 Å². The molecule has 0 aromatic heterocycles. The zero-order valence-corrected chi connectivity index (χ0v) is 28.7. The first-order chi connectivity index (χ1) is 21.8. The molecule has 0 spiro atoms. The molecule has 46 heavy (non-hydrogen) atoms. The number of methoxy groups -OCH3 is 2. The maximum absolute atomic E-state index is 12.8. The van der Waals surface area contributed by atoms with E-state index in [0.29, 0.717) is 36.4 Å². The number of hydrogen-bond donors (Lipinski definition) is 2. The van der Waals surface area contributed by atoms with E-state index in [4.69, 9.17) is 33.2 Å². The second kappa shape index (κ2) is 13.2. The van der Waals surface area contributed by atoms with Crippen molar-refractivity contribution in [1.82, 2.24) is 0 Å². The molecule has 2 N–H and O–H groups in total. The van der Waals surface area contributed by atoms with Gasteiger partial charge in [-0.2, -0.15) is 0 Å². The molecule has 3 saturated carbocycles. The maximum Gasteiger partial charge on any atom is 0.252 e. The zero-order valence-electron chi connectivity index (χ0n) is 28.7. The molecule has 6 rings (SSSR count). The lowest BCUT2D eigenvalue weighted by Gasteiger charge is -2.59. The number of carbonyl (C=O) groups excluding carboxylic acids is 1. The molecule has 0 aromatic rings. The average molecular weight is 649 g/mol. The number of ketones is 1. The number of allylic oxidation sites excluding steroid dienone is 1. The molecule has 260 valence electrons. The van der Waals surface area contributed by atoms with Gasteiger partial charge in [0.2, 0.25) is 6.29 Å². The van der Waals surface area contributed by atoms with E-state index in [9.17, 15) is 15.0 Å². The van der Waals surface area contributed by atoms with Crippen LogP contribution in [0.4, 0.5) is 0 Å². The van der Waals surface area contributed by atoms with Crippen molar-refractivity contribution < 1.29 is 48.2 Å². The number of rotatable bonds is 9. The Balaban J connectivity index is 1.12. The van der Waals surface area contributed by atoms with Gasteiger partial charge in [0.15, 0.2) is 12.0 Å². The molecule has 1 saturated heterocycles. The van der Waals surface area contributed by atoms with E-state index in [1.54, 1.807) is 13.2 Å². The Bertz CT molecular complexity index is 1190. The Morgan fingerprint density at radius 1 is 1.07 bits per heavy atom. The minimum absolute atomic E-state index is 0.0676. The molecule has 10 heteroatoms. The third-order valence-electron chi connectivity index (χ3n) is 13.1. The van der Waals surface area contributed by atoms with Crippen LogP contribution in [0.3, 0.4) is 0 Å². The fourth-order valence-electron chi connectivity index (χ4n) is 10.4. The molecule has 2 heterocycles. The van der Waals surface area contributed by atoms with Crippen LogP contribution in [0.5, 0.6) is 0 Å². The Morgan fingerprint density at radius 2 is 1.83 bits per heavy atom. The Hall–Kier alpha value is -1.37. The summed E-state index contributed by atoms with van der Waals surface area (Å²) in [6.45, 7) is 10.5. The van der Waals surface area contributed by atoms with Gasteiger partial charge in [0, 0.05) is 18.9 Å². The van der Waals surface area contributed by atoms with Crippen LogP contribution in [-0.2, 0) is 38.0 Å². The molecule has 0 bridgehead atoms. The normalized spacial score (nSPS) is 48.1. The van der Waals surface area contributed by atoms with Crippen molar-refractivity contribution in [1.29, 1.82) is 0 Å². The smallest absolute Gasteiger partial charge is 0.252 e. The second-order valence-electron chi connectivity index (χ2n) is 15.3. The molecule has 14 atom stereocenters. The van der Waals surface area contributed by atoms with E-state index >= 15 is 0 Å². The van der Waals surface area contributed by atoms with E-state index in [1.807, 2.05) is 20.8 Å². The van der Waals surface area contributed by atoms with E-state index < -0.39 is 42.6 Å². The van der Waals surface area contributed by atoms with Crippen molar-refractivity contribution in [2.75, 3.05) is 21.0 Å². The first kappa shape index (κ1) is 34.5. The minimum atomic E-state index is -0.982. The number of aliphatic hydroxyl groups excluding tert-OH is 1. The van der Waals surface area contributed by atoms with Gasteiger partial charge in [-0.1, -0.05) is 25.5 Å². The number of fused-ring (bicyclic) bond motifs is 5. The summed E-state index contributed by atoms with van der Waals surface area (Å²) in [5.41, 5.74) is 0.278. The van der Waals surface area contributed by atoms with Crippen molar-refractivity contribution in [2.45, 2.75) is 147 Å². The molecule has 0 radical (unpaired) electrons. The lowest BCUT2D eigenvalue weighted by atomic mass is 9.46. The highest BCUT2D eigenvalue weighted by molar-refractivity contribution is 5.96. The van der Waals surface area contributed by atoms with Gasteiger partial charge in [-0.25, -0.2) is 0 Å². The predicted octanol–water partition coefficient (Wildman–Crippen LogP) is 4.80. The Morgan fingerprint density at radius 3 is 2.57 bits per heavy atom. The SMILES string of the molecule is COCO[C@@H]1C[C@H](O[C@@H](C)[C@@]2(O)CC[C@H]3[C@@H]4CC=C5C[C@@H](OC6OC(C)C=C(OC)C6=O)CC[C@]5(C)[C@H]4CC[C@@]32C)O[C@H](C)[C@H]1O. The average Bonchev–Trinajstić information content (AvgIpc) is 3.31. The van der Waals surface area contributed by atoms with Gasteiger partial charge in [-0.15, -0.1) is 0 Å². The fourth-order valence-corrected chi connectivity index (χ4v) is 10.4. The molecule has 4 fully saturated rings. The molecule has 0 aromatic carbocycles. The summed E-state index contributed by atoms with van der Waals surface area (Å²) >= 11 is 0. The summed E-state index contributed by atoms with van der Waals surface area (Å²) in [5.74, 6) is 1.50. The highest BCUT2D eigenvalue weighted by Gasteiger charge is 2.65. The van der Waals surface area contributed by atoms with Gasteiger partial charge in [0.05, 0.1) is 43.2 Å². The monoisotopic (exact) mass is 648 g/mol. The summed E-state index contributed by atoms with van der Waals surface area (Å²) in [6.07, 6.45) is 7.98. The van der Waals surface area contributed by atoms with Crippen LogP contribution in [0.2, 0.25) is 0 Å². The van der Waals surface area contributed by atoms with E-state index in [1.165, 1.54) is 12.7 Å². The predicted molar refractivity (Wildman–Crippen MR) is 168 cm³/mol. The maximum atomic E-state index is 12.8. The van der Waals surface area contributed by atoms with Crippen LogP contribution in [0.25, 0.3) is 0 Å². The second-order valence-corrected chi connectivity index (χ2v) is 15.3. The number of Topliss-reactive ketones (excluding diaryl/α,β-unsaturated/α-hetero) is 1. The lowest BCUT2D eigenvalue weighted by molar-refractivity contribution is -0.296. The number of aliphatic hydroxyl groups is 2. The van der Waals surface area contributed by atoms with Gasteiger partial charge in [-0.3, -0.25) is 4.79 Å². The first-order valence-electron chi connectivity index (χ1n) is 17.5. The summed E-state index contributed by atoms with van der Waals surface area (Å²) in [4.78, 5) is 12.8. The van der Waals surface area contributed by atoms with Gasteiger partial charge in [0.25, 0.3) is 5.78 Å². The standard InChI is InChI=1S/C36H56O10/c1-20-16-28(41-7)32(38)33(43-20)46-24-10-13-34(4)23(17-24)8-9-25-26(34)11-14-35(5)27(25)12-15-36(35,39)22(3)45-30-18-29(42-19-40-6)31(37)21(2)44-30/h8,16,20-22,24-27,29-31,33,37,39H,9-15,17-19H2,1-7H3/t20?,21-,22+,24+,25-,26+,27+,29-,30+,31-,33?,34+,35+,36+/m1/s1. The van der Waals surface area contributed by atoms with Crippen LogP contribution in [0.1, 0.15) is 92.4 Å². The van der Waals surface area contributed by atoms with Gasteiger partial charge >= 0.3 is 0 Å². The van der Waals surface area contributed by atoms with E-state index in [0.717, 1.165) is 44.9 Å². The molecule has 2 unspecified atom stereocenters.